The molecule has 1 aromatic carbocycles. The van der Waals surface area contributed by atoms with Gasteiger partial charge in [0, 0.05) is 17.5 Å². The van der Waals surface area contributed by atoms with Crippen LogP contribution in [0.2, 0.25) is 0 Å². The maximum absolute atomic E-state index is 13.1. The van der Waals surface area contributed by atoms with Gasteiger partial charge in [-0.1, -0.05) is 6.92 Å². The summed E-state index contributed by atoms with van der Waals surface area (Å²) in [5.41, 5.74) is 1.04. The summed E-state index contributed by atoms with van der Waals surface area (Å²) in [6.07, 6.45) is 0. The van der Waals surface area contributed by atoms with Gasteiger partial charge in [0.2, 0.25) is 0 Å². The van der Waals surface area contributed by atoms with Crippen LogP contribution in [0.25, 0.3) is 10.6 Å². The molecule has 96 valence electrons. The van der Waals surface area contributed by atoms with Crippen molar-refractivity contribution in [2.75, 3.05) is 6.54 Å². The lowest BCUT2D eigenvalue weighted by atomic mass is 10.2. The van der Waals surface area contributed by atoms with Crippen LogP contribution in [-0.4, -0.2) is 11.5 Å². The maximum atomic E-state index is 13.1. The van der Waals surface area contributed by atoms with E-state index in [0.29, 0.717) is 11.6 Å². The highest BCUT2D eigenvalue weighted by Crippen LogP contribution is 2.26. The average Bonchev–Trinajstić information content (AvgIpc) is 2.81. The second kappa shape index (κ2) is 5.49. The van der Waals surface area contributed by atoms with Gasteiger partial charge in [0.25, 0.3) is 0 Å². The van der Waals surface area contributed by atoms with Crippen LogP contribution < -0.4 is 5.32 Å². The Kier molecular flexibility index (Phi) is 3.98. The van der Waals surface area contributed by atoms with Gasteiger partial charge in [-0.2, -0.15) is 0 Å². The van der Waals surface area contributed by atoms with Crippen molar-refractivity contribution in [2.24, 2.45) is 0 Å². The zero-order valence-corrected chi connectivity index (χ0v) is 10.5. The van der Waals surface area contributed by atoms with Crippen molar-refractivity contribution in [3.63, 3.8) is 0 Å². The molecule has 2 rings (SSSR count). The van der Waals surface area contributed by atoms with Gasteiger partial charge >= 0.3 is 0 Å². The molecule has 0 aliphatic heterocycles. The fourth-order valence-electron chi connectivity index (χ4n) is 1.45. The largest absolute Gasteiger partial charge is 0.311 e. The van der Waals surface area contributed by atoms with Gasteiger partial charge in [-0.15, -0.1) is 11.3 Å². The Hall–Kier alpha value is -1.40. The van der Waals surface area contributed by atoms with Crippen LogP contribution in [0.1, 0.15) is 12.6 Å². The van der Waals surface area contributed by atoms with Crippen molar-refractivity contribution < 1.29 is 13.2 Å². The number of benzene rings is 1. The standard InChI is InChI=1S/C12H11F3N2S/c1-2-16-5-8-6-18-12(17-8)7-3-9(13)11(15)10(14)4-7/h3-4,6,16H,2,5H2,1H3. The van der Waals surface area contributed by atoms with Gasteiger partial charge in [-0.3, -0.25) is 0 Å². The molecule has 0 spiro atoms. The first-order valence-corrected chi connectivity index (χ1v) is 6.29. The second-order valence-electron chi connectivity index (χ2n) is 3.68. The maximum Gasteiger partial charge on any atom is 0.194 e. The third-order valence-electron chi connectivity index (χ3n) is 2.34. The summed E-state index contributed by atoms with van der Waals surface area (Å²) in [6.45, 7) is 3.38. The van der Waals surface area contributed by atoms with Crippen molar-refractivity contribution in [2.45, 2.75) is 13.5 Å². The predicted molar refractivity (Wildman–Crippen MR) is 64.8 cm³/mol. The quantitative estimate of drug-likeness (QED) is 0.863. The number of hydrogen-bond donors (Lipinski definition) is 1. The van der Waals surface area contributed by atoms with Crippen molar-refractivity contribution in [1.29, 1.82) is 0 Å². The zero-order valence-electron chi connectivity index (χ0n) is 9.64. The second-order valence-corrected chi connectivity index (χ2v) is 4.54. The molecule has 0 atom stereocenters. The number of halogens is 3. The van der Waals surface area contributed by atoms with Crippen molar-refractivity contribution in [1.82, 2.24) is 10.3 Å². The number of nitrogens with one attached hydrogen (secondary N) is 1. The Morgan fingerprint density at radius 3 is 2.50 bits per heavy atom. The van der Waals surface area contributed by atoms with Crippen molar-refractivity contribution in [3.8, 4) is 10.6 Å². The van der Waals surface area contributed by atoms with E-state index in [1.807, 2.05) is 6.92 Å². The molecular formula is C12H11F3N2S. The summed E-state index contributed by atoms with van der Waals surface area (Å²) in [4.78, 5) is 4.23. The van der Waals surface area contributed by atoms with Crippen LogP contribution in [0.3, 0.4) is 0 Å². The SMILES string of the molecule is CCNCc1csc(-c2cc(F)c(F)c(F)c2)n1. The van der Waals surface area contributed by atoms with Gasteiger partial charge in [0.15, 0.2) is 17.5 Å². The number of rotatable bonds is 4. The van der Waals surface area contributed by atoms with E-state index in [1.54, 1.807) is 5.38 Å². The minimum Gasteiger partial charge on any atom is -0.311 e. The molecule has 0 saturated carbocycles. The zero-order chi connectivity index (χ0) is 13.1. The summed E-state index contributed by atoms with van der Waals surface area (Å²) >= 11 is 1.27. The monoisotopic (exact) mass is 272 g/mol. The summed E-state index contributed by atoms with van der Waals surface area (Å²) < 4.78 is 39.0. The van der Waals surface area contributed by atoms with Crippen LogP contribution in [0.4, 0.5) is 13.2 Å². The fourth-order valence-corrected chi connectivity index (χ4v) is 2.26. The molecule has 0 saturated heterocycles. The van der Waals surface area contributed by atoms with Gasteiger partial charge in [-0.05, 0) is 18.7 Å². The molecule has 18 heavy (non-hydrogen) atoms. The number of aromatic nitrogens is 1. The Morgan fingerprint density at radius 2 is 1.89 bits per heavy atom. The van der Waals surface area contributed by atoms with E-state index < -0.39 is 17.5 Å². The number of thiazole rings is 1. The molecule has 0 bridgehead atoms. The highest BCUT2D eigenvalue weighted by atomic mass is 32.1. The highest BCUT2D eigenvalue weighted by Gasteiger charge is 2.13. The van der Waals surface area contributed by atoms with E-state index in [1.165, 1.54) is 11.3 Å². The van der Waals surface area contributed by atoms with E-state index in [9.17, 15) is 13.2 Å². The van der Waals surface area contributed by atoms with Crippen LogP contribution in [0.5, 0.6) is 0 Å². The summed E-state index contributed by atoms with van der Waals surface area (Å²) in [7, 11) is 0. The summed E-state index contributed by atoms with van der Waals surface area (Å²) in [5.74, 6) is -3.86. The molecule has 1 aromatic heterocycles. The van der Waals surface area contributed by atoms with E-state index in [0.717, 1.165) is 24.4 Å². The summed E-state index contributed by atoms with van der Waals surface area (Å²) in [5, 5.41) is 5.37. The molecule has 0 aliphatic carbocycles. The van der Waals surface area contributed by atoms with E-state index >= 15 is 0 Å². The van der Waals surface area contributed by atoms with E-state index in [4.69, 9.17) is 0 Å². The lowest BCUT2D eigenvalue weighted by Crippen LogP contribution is -2.11. The fraction of sp³-hybridized carbons (Fsp3) is 0.250. The summed E-state index contributed by atoms with van der Waals surface area (Å²) in [6, 6.07) is 1.91. The Bertz CT molecular complexity index is 531. The van der Waals surface area contributed by atoms with Crippen LogP contribution >= 0.6 is 11.3 Å². The molecule has 0 aliphatic rings. The Labute approximate surface area is 106 Å². The van der Waals surface area contributed by atoms with E-state index in [-0.39, 0.29) is 5.56 Å². The highest BCUT2D eigenvalue weighted by molar-refractivity contribution is 7.13. The molecule has 2 aromatic rings. The molecule has 6 heteroatoms. The third-order valence-corrected chi connectivity index (χ3v) is 3.28. The molecule has 1 N–H and O–H groups in total. The lowest BCUT2D eigenvalue weighted by molar-refractivity contribution is 0.447. The number of hydrogen-bond acceptors (Lipinski definition) is 3. The molecule has 0 radical (unpaired) electrons. The molecule has 0 amide bonds. The Balaban J connectivity index is 2.28. The predicted octanol–water partition coefficient (Wildman–Crippen LogP) is 3.34. The first-order chi connectivity index (χ1) is 8.61. The molecule has 2 nitrogen and oxygen atoms in total. The smallest absolute Gasteiger partial charge is 0.194 e. The van der Waals surface area contributed by atoms with Crippen LogP contribution in [-0.2, 0) is 6.54 Å². The van der Waals surface area contributed by atoms with Crippen molar-refractivity contribution >= 4 is 11.3 Å². The normalized spacial score (nSPS) is 10.9. The topological polar surface area (TPSA) is 24.9 Å². The first kappa shape index (κ1) is 13.0. The van der Waals surface area contributed by atoms with Crippen LogP contribution in [0, 0.1) is 17.5 Å². The van der Waals surface area contributed by atoms with E-state index in [2.05, 4.69) is 10.3 Å². The average molecular weight is 272 g/mol. The van der Waals surface area contributed by atoms with Gasteiger partial charge in [0.1, 0.15) is 5.01 Å². The first-order valence-electron chi connectivity index (χ1n) is 5.42. The molecule has 0 fully saturated rings. The lowest BCUT2D eigenvalue weighted by Gasteiger charge is -2.00. The van der Waals surface area contributed by atoms with Gasteiger partial charge < -0.3 is 5.32 Å². The minimum atomic E-state index is -1.46. The molecule has 0 unspecified atom stereocenters. The molecule has 1 heterocycles. The molecular weight excluding hydrogens is 261 g/mol. The third kappa shape index (κ3) is 2.70. The van der Waals surface area contributed by atoms with Crippen LogP contribution in [0.15, 0.2) is 17.5 Å². The Morgan fingerprint density at radius 1 is 1.22 bits per heavy atom. The van der Waals surface area contributed by atoms with Crippen molar-refractivity contribution in [3.05, 3.63) is 40.7 Å². The van der Waals surface area contributed by atoms with Gasteiger partial charge in [-0.25, -0.2) is 18.2 Å². The minimum absolute atomic E-state index is 0.249. The number of nitrogens with zero attached hydrogens (tertiary/aromatic N) is 1. The van der Waals surface area contributed by atoms with Gasteiger partial charge in [0.05, 0.1) is 5.69 Å².